The molecule has 1 saturated carbocycles. The molecule has 0 bridgehead atoms. The van der Waals surface area contributed by atoms with Gasteiger partial charge < -0.3 is 10.1 Å². The van der Waals surface area contributed by atoms with Crippen molar-refractivity contribution in [3.05, 3.63) is 48.6 Å². The number of carbonyl (C=O) groups excluding carboxylic acids is 2. The summed E-state index contributed by atoms with van der Waals surface area (Å²) in [5.74, 6) is 1.28. The van der Waals surface area contributed by atoms with Crippen molar-refractivity contribution in [2.75, 3.05) is 12.9 Å². The minimum atomic E-state index is -0.0964. The fraction of sp³-hybridized carbons (Fsp3) is 0.600. The van der Waals surface area contributed by atoms with E-state index in [9.17, 15) is 9.59 Å². The largest absolute Gasteiger partial charge is 0.381 e. The lowest BCUT2D eigenvalue weighted by Gasteiger charge is -2.13. The number of thioether (sulfide) groups is 1. The van der Waals surface area contributed by atoms with Crippen LogP contribution in [0.1, 0.15) is 59.3 Å². The fourth-order valence-corrected chi connectivity index (χ4v) is 4.19. The maximum Gasteiger partial charge on any atom is 0.217 e. The summed E-state index contributed by atoms with van der Waals surface area (Å²) in [7, 11) is 1.75. The number of hydrogen-bond donors (Lipinski definition) is 1. The zero-order valence-electron chi connectivity index (χ0n) is 19.1. The second kappa shape index (κ2) is 15.2. The molecule has 0 aromatic rings. The number of ether oxygens (including phenoxy) is 1. The Kier molecular flexibility index (Phi) is 13.4. The van der Waals surface area contributed by atoms with E-state index < -0.39 is 0 Å². The number of hydrogen-bond acceptors (Lipinski definition) is 4. The number of nitrogens with one attached hydrogen (secondary N) is 1. The first-order valence-electron chi connectivity index (χ1n) is 10.9. The van der Waals surface area contributed by atoms with Crippen LogP contribution >= 0.6 is 11.8 Å². The van der Waals surface area contributed by atoms with E-state index in [1.54, 1.807) is 7.11 Å². The van der Waals surface area contributed by atoms with Crippen molar-refractivity contribution in [1.82, 2.24) is 5.32 Å². The third-order valence-corrected chi connectivity index (χ3v) is 6.33. The number of rotatable bonds is 15. The van der Waals surface area contributed by atoms with Crippen molar-refractivity contribution in [3.8, 4) is 0 Å². The van der Waals surface area contributed by atoms with E-state index in [0.717, 1.165) is 38.5 Å². The monoisotopic (exact) mass is 433 g/mol. The van der Waals surface area contributed by atoms with E-state index in [2.05, 4.69) is 50.0 Å². The third-order valence-electron chi connectivity index (χ3n) is 5.21. The van der Waals surface area contributed by atoms with Crippen LogP contribution in [0.3, 0.4) is 0 Å². The lowest BCUT2D eigenvalue weighted by atomic mass is 10.1. The van der Waals surface area contributed by atoms with Gasteiger partial charge in [0.25, 0.3) is 0 Å². The van der Waals surface area contributed by atoms with Crippen LogP contribution in [0.5, 0.6) is 0 Å². The van der Waals surface area contributed by atoms with E-state index >= 15 is 0 Å². The third kappa shape index (κ3) is 12.2. The van der Waals surface area contributed by atoms with Crippen molar-refractivity contribution in [2.24, 2.45) is 11.8 Å². The summed E-state index contributed by atoms with van der Waals surface area (Å²) >= 11 is 1.35. The molecule has 1 N–H and O–H groups in total. The number of unbranched alkanes of at least 4 members (excludes halogenated alkanes) is 1. The summed E-state index contributed by atoms with van der Waals surface area (Å²) in [5.41, 5.74) is 1.34. The molecule has 1 rings (SSSR count). The van der Waals surface area contributed by atoms with Crippen LogP contribution in [-0.4, -0.2) is 36.0 Å². The first kappa shape index (κ1) is 26.4. The zero-order valence-corrected chi connectivity index (χ0v) is 19.9. The molecular weight excluding hydrogens is 394 g/mol. The highest BCUT2D eigenvalue weighted by Crippen LogP contribution is 2.41. The highest BCUT2D eigenvalue weighted by molar-refractivity contribution is 8.13. The van der Waals surface area contributed by atoms with E-state index in [0.29, 0.717) is 11.7 Å². The number of allylic oxidation sites excluding steroid dienone is 5. The Morgan fingerprint density at radius 2 is 1.97 bits per heavy atom. The van der Waals surface area contributed by atoms with Crippen LogP contribution in [0.2, 0.25) is 0 Å². The average molecular weight is 434 g/mol. The van der Waals surface area contributed by atoms with Gasteiger partial charge in [-0.3, -0.25) is 9.59 Å². The lowest BCUT2D eigenvalue weighted by molar-refractivity contribution is -0.119. The van der Waals surface area contributed by atoms with Gasteiger partial charge in [0.05, 0.1) is 12.1 Å². The molecule has 0 spiro atoms. The molecule has 0 aliphatic heterocycles. The van der Waals surface area contributed by atoms with Gasteiger partial charge >= 0.3 is 0 Å². The highest BCUT2D eigenvalue weighted by Gasteiger charge is 2.39. The fourth-order valence-electron chi connectivity index (χ4n) is 3.11. The van der Waals surface area contributed by atoms with Gasteiger partial charge in [-0.1, -0.05) is 60.7 Å². The SMILES string of the molecule is C=CC[C@@H](CC/C(C)=C/C=C/CC/C=C\[C@H](CSC(=O)[C@@H]1C[C@@H]1C)NC(C)=O)OC. The van der Waals surface area contributed by atoms with Crippen LogP contribution in [0.15, 0.2) is 48.6 Å². The molecular formula is C25H39NO3S. The molecule has 4 atom stereocenters. The molecule has 0 aromatic carbocycles. The maximum atomic E-state index is 12.0. The predicted octanol–water partition coefficient (Wildman–Crippen LogP) is 5.62. The van der Waals surface area contributed by atoms with Crippen molar-refractivity contribution < 1.29 is 14.3 Å². The van der Waals surface area contributed by atoms with Gasteiger partial charge in [0, 0.05) is 25.7 Å². The Morgan fingerprint density at radius 1 is 1.27 bits per heavy atom. The minimum Gasteiger partial charge on any atom is -0.381 e. The summed E-state index contributed by atoms with van der Waals surface area (Å²) in [5, 5.41) is 3.18. The molecule has 30 heavy (non-hydrogen) atoms. The number of methoxy groups -OCH3 is 1. The molecule has 0 aromatic heterocycles. The standard InChI is InChI=1S/C25H39NO3S/c1-6-12-23(29-5)16-15-19(2)13-10-8-7-9-11-14-22(26-21(4)27)18-30-25(28)24-17-20(24)3/h6,8,10-11,13-14,20,22-24H,1,7,9,12,15-18H2,2-5H3,(H,26,27)/b10-8+,14-11-,19-13+/t20-,22+,23-,24+/m0/s1. The van der Waals surface area contributed by atoms with E-state index in [-0.39, 0.29) is 29.1 Å². The highest BCUT2D eigenvalue weighted by atomic mass is 32.2. The molecule has 1 amide bonds. The second-order valence-corrected chi connectivity index (χ2v) is 9.15. The Hall–Kier alpha value is -1.59. The van der Waals surface area contributed by atoms with Gasteiger partial charge in [-0.25, -0.2) is 0 Å². The molecule has 5 heteroatoms. The Labute approximate surface area is 187 Å². The van der Waals surface area contributed by atoms with Crippen LogP contribution in [0, 0.1) is 11.8 Å². The van der Waals surface area contributed by atoms with Gasteiger partial charge in [0.2, 0.25) is 5.91 Å². The summed E-state index contributed by atoms with van der Waals surface area (Å²) in [4.78, 5) is 23.5. The Morgan fingerprint density at radius 3 is 2.57 bits per heavy atom. The van der Waals surface area contributed by atoms with Gasteiger partial charge in [-0.2, -0.15) is 0 Å². The van der Waals surface area contributed by atoms with Crippen molar-refractivity contribution in [1.29, 1.82) is 0 Å². The topological polar surface area (TPSA) is 55.4 Å². The van der Waals surface area contributed by atoms with Gasteiger partial charge in [-0.05, 0) is 51.4 Å². The molecule has 0 radical (unpaired) electrons. The molecule has 0 unspecified atom stereocenters. The van der Waals surface area contributed by atoms with Gasteiger partial charge in [0.1, 0.15) is 0 Å². The van der Waals surface area contributed by atoms with E-state index in [1.165, 1.54) is 24.3 Å². The van der Waals surface area contributed by atoms with Gasteiger partial charge in [-0.15, -0.1) is 6.58 Å². The Bertz CT molecular complexity index is 638. The molecule has 168 valence electrons. The molecule has 1 aliphatic rings. The molecule has 4 nitrogen and oxygen atoms in total. The smallest absolute Gasteiger partial charge is 0.217 e. The molecule has 0 saturated heterocycles. The normalized spacial score (nSPS) is 21.0. The van der Waals surface area contributed by atoms with E-state index in [1.807, 2.05) is 12.2 Å². The predicted molar refractivity (Wildman–Crippen MR) is 128 cm³/mol. The van der Waals surface area contributed by atoms with Crippen LogP contribution in [0.25, 0.3) is 0 Å². The van der Waals surface area contributed by atoms with Crippen LogP contribution in [-0.2, 0) is 14.3 Å². The summed E-state index contributed by atoms with van der Waals surface area (Å²) in [6.45, 7) is 9.53. The Balaban J connectivity index is 2.30. The zero-order chi connectivity index (χ0) is 22.4. The van der Waals surface area contributed by atoms with Crippen molar-refractivity contribution in [3.63, 3.8) is 0 Å². The van der Waals surface area contributed by atoms with Crippen LogP contribution in [0.4, 0.5) is 0 Å². The summed E-state index contributed by atoms with van der Waals surface area (Å²) in [6, 6.07) is -0.0964. The summed E-state index contributed by atoms with van der Waals surface area (Å²) in [6.07, 6.45) is 18.4. The first-order chi connectivity index (χ1) is 14.4. The van der Waals surface area contributed by atoms with Gasteiger partial charge in [0.15, 0.2) is 5.12 Å². The second-order valence-electron chi connectivity index (χ2n) is 8.12. The average Bonchev–Trinajstić information content (AvgIpc) is 3.44. The van der Waals surface area contributed by atoms with Crippen molar-refractivity contribution >= 4 is 22.8 Å². The quantitative estimate of drug-likeness (QED) is 0.207. The number of carbonyl (C=O) groups is 2. The molecule has 1 fully saturated rings. The first-order valence-corrected chi connectivity index (χ1v) is 11.9. The summed E-state index contributed by atoms with van der Waals surface area (Å²) < 4.78 is 5.43. The molecule has 1 aliphatic carbocycles. The van der Waals surface area contributed by atoms with E-state index in [4.69, 9.17) is 4.74 Å². The maximum absolute atomic E-state index is 12.0. The minimum absolute atomic E-state index is 0.0678. The lowest BCUT2D eigenvalue weighted by Crippen LogP contribution is -2.33. The van der Waals surface area contributed by atoms with Crippen LogP contribution < -0.4 is 5.32 Å². The number of amides is 1. The molecule has 0 heterocycles. The van der Waals surface area contributed by atoms with Crippen molar-refractivity contribution in [2.45, 2.75) is 71.4 Å².